The highest BCUT2D eigenvalue weighted by atomic mass is 79.9. The van der Waals surface area contributed by atoms with Crippen molar-refractivity contribution in [1.29, 1.82) is 0 Å². The van der Waals surface area contributed by atoms with E-state index in [2.05, 4.69) is 36.6 Å². The van der Waals surface area contributed by atoms with Gasteiger partial charge in [0.25, 0.3) is 10.0 Å². The third-order valence-corrected chi connectivity index (χ3v) is 5.27. The Morgan fingerprint density at radius 2 is 1.71 bits per heavy atom. The summed E-state index contributed by atoms with van der Waals surface area (Å²) in [6.45, 7) is 0. The van der Waals surface area contributed by atoms with Crippen LogP contribution in [-0.2, 0) is 10.0 Å². The van der Waals surface area contributed by atoms with Crippen molar-refractivity contribution < 1.29 is 17.5 Å². The van der Waals surface area contributed by atoms with Gasteiger partial charge in [-0.25, -0.2) is 12.8 Å². The summed E-state index contributed by atoms with van der Waals surface area (Å²) in [4.78, 5) is -0.0299. The number of anilines is 1. The van der Waals surface area contributed by atoms with E-state index in [1.54, 1.807) is 6.07 Å². The molecule has 0 unspecified atom stereocenters. The molecule has 0 saturated carbocycles. The molecule has 0 aliphatic heterocycles. The second kappa shape index (κ2) is 6.33. The summed E-state index contributed by atoms with van der Waals surface area (Å²) >= 11 is 6.57. The van der Waals surface area contributed by atoms with E-state index in [1.807, 2.05) is 0 Å². The number of rotatable bonds is 4. The maximum Gasteiger partial charge on any atom is 0.261 e. The molecule has 0 fully saturated rings. The first-order chi connectivity index (χ1) is 9.83. The number of ether oxygens (including phenoxy) is 1. The summed E-state index contributed by atoms with van der Waals surface area (Å²) in [6.07, 6.45) is 0. The smallest absolute Gasteiger partial charge is 0.261 e. The van der Waals surface area contributed by atoms with Crippen molar-refractivity contribution in [3.63, 3.8) is 0 Å². The molecule has 1 N–H and O–H groups in total. The monoisotopic (exact) mass is 437 g/mol. The summed E-state index contributed by atoms with van der Waals surface area (Å²) in [6, 6.07) is 7.78. The van der Waals surface area contributed by atoms with Crippen molar-refractivity contribution in [2.24, 2.45) is 0 Å². The Balaban J connectivity index is 2.39. The van der Waals surface area contributed by atoms with Gasteiger partial charge in [-0.3, -0.25) is 4.72 Å². The number of benzene rings is 2. The SMILES string of the molecule is COc1cc(NS(=O)(=O)c2ccc(F)cc2)c(Br)cc1Br. The highest BCUT2D eigenvalue weighted by Gasteiger charge is 2.17. The van der Waals surface area contributed by atoms with Crippen molar-refractivity contribution in [2.45, 2.75) is 4.90 Å². The third-order valence-electron chi connectivity index (χ3n) is 2.61. The average molecular weight is 439 g/mol. The summed E-state index contributed by atoms with van der Waals surface area (Å²) in [5, 5.41) is 0. The minimum absolute atomic E-state index is 0.0299. The molecule has 2 aromatic carbocycles. The number of hydrogen-bond donors (Lipinski definition) is 1. The van der Waals surface area contributed by atoms with Gasteiger partial charge in [0.1, 0.15) is 11.6 Å². The molecular weight excluding hydrogens is 429 g/mol. The standard InChI is InChI=1S/C13H10Br2FNO3S/c1-20-13-7-12(10(14)6-11(13)15)17-21(18,19)9-4-2-8(16)3-5-9/h2-7,17H,1H3. The Morgan fingerprint density at radius 3 is 2.29 bits per heavy atom. The molecule has 0 atom stereocenters. The van der Waals surface area contributed by atoms with E-state index in [0.717, 1.165) is 12.1 Å². The molecule has 0 aliphatic rings. The van der Waals surface area contributed by atoms with Crippen LogP contribution in [0, 0.1) is 5.82 Å². The Bertz CT molecular complexity index is 764. The van der Waals surface area contributed by atoms with Gasteiger partial charge in [-0.05, 0) is 62.2 Å². The van der Waals surface area contributed by atoms with Crippen molar-refractivity contribution in [3.8, 4) is 5.75 Å². The van der Waals surface area contributed by atoms with Crippen LogP contribution in [0.2, 0.25) is 0 Å². The number of methoxy groups -OCH3 is 1. The molecule has 4 nitrogen and oxygen atoms in total. The van der Waals surface area contributed by atoms with Gasteiger partial charge in [0.15, 0.2) is 0 Å². The van der Waals surface area contributed by atoms with E-state index in [9.17, 15) is 12.8 Å². The molecule has 112 valence electrons. The lowest BCUT2D eigenvalue weighted by Crippen LogP contribution is -2.13. The van der Waals surface area contributed by atoms with E-state index in [4.69, 9.17) is 4.74 Å². The first kappa shape index (κ1) is 16.3. The van der Waals surface area contributed by atoms with E-state index in [-0.39, 0.29) is 4.90 Å². The molecule has 0 spiro atoms. The highest BCUT2D eigenvalue weighted by molar-refractivity contribution is 9.11. The summed E-state index contributed by atoms with van der Waals surface area (Å²) in [5.74, 6) is -0.0181. The molecule has 0 amide bonds. The third kappa shape index (κ3) is 3.75. The van der Waals surface area contributed by atoms with E-state index in [1.165, 1.54) is 25.3 Å². The molecule has 0 aromatic heterocycles. The summed E-state index contributed by atoms with van der Waals surface area (Å²) in [7, 11) is -2.33. The zero-order valence-electron chi connectivity index (χ0n) is 10.7. The molecule has 0 saturated heterocycles. The van der Waals surface area contributed by atoms with Crippen LogP contribution in [0.1, 0.15) is 0 Å². The molecule has 8 heteroatoms. The van der Waals surface area contributed by atoms with Crippen LogP contribution in [0.5, 0.6) is 5.75 Å². The van der Waals surface area contributed by atoms with Gasteiger partial charge in [-0.15, -0.1) is 0 Å². The molecule has 0 bridgehead atoms. The van der Waals surface area contributed by atoms with Crippen molar-refractivity contribution in [2.75, 3.05) is 11.8 Å². The van der Waals surface area contributed by atoms with Crippen LogP contribution in [0.4, 0.5) is 10.1 Å². The lowest BCUT2D eigenvalue weighted by atomic mass is 10.3. The first-order valence-corrected chi connectivity index (χ1v) is 8.72. The van der Waals surface area contributed by atoms with Gasteiger partial charge < -0.3 is 4.74 Å². The molecule has 2 aromatic rings. The van der Waals surface area contributed by atoms with E-state index >= 15 is 0 Å². The van der Waals surface area contributed by atoms with Crippen molar-refractivity contribution in [3.05, 3.63) is 51.2 Å². The predicted octanol–water partition coefficient (Wildman–Crippen LogP) is 4.16. The van der Waals surface area contributed by atoms with Gasteiger partial charge in [0.05, 0.1) is 22.2 Å². The quantitative estimate of drug-likeness (QED) is 0.779. The van der Waals surface area contributed by atoms with Crippen molar-refractivity contribution >= 4 is 47.6 Å². The highest BCUT2D eigenvalue weighted by Crippen LogP contribution is 2.35. The second-order valence-electron chi connectivity index (χ2n) is 4.03. The van der Waals surface area contributed by atoms with Gasteiger partial charge >= 0.3 is 0 Å². The Morgan fingerprint density at radius 1 is 1.10 bits per heavy atom. The van der Waals surface area contributed by atoms with Crippen LogP contribution in [0.15, 0.2) is 50.2 Å². The van der Waals surface area contributed by atoms with Crippen LogP contribution in [0.25, 0.3) is 0 Å². The zero-order chi connectivity index (χ0) is 15.6. The number of halogens is 3. The fourth-order valence-corrected chi connectivity index (χ4v) is 4.04. The Hall–Kier alpha value is -1.12. The van der Waals surface area contributed by atoms with Gasteiger partial charge in [-0.2, -0.15) is 0 Å². The molecule has 0 heterocycles. The predicted molar refractivity (Wildman–Crippen MR) is 85.6 cm³/mol. The van der Waals surface area contributed by atoms with E-state index < -0.39 is 15.8 Å². The number of nitrogens with one attached hydrogen (secondary N) is 1. The minimum atomic E-state index is -3.81. The Kier molecular flexibility index (Phi) is 4.90. The van der Waals surface area contributed by atoms with Crippen molar-refractivity contribution in [1.82, 2.24) is 0 Å². The first-order valence-electron chi connectivity index (χ1n) is 5.65. The molecule has 21 heavy (non-hydrogen) atoms. The lowest BCUT2D eigenvalue weighted by Gasteiger charge is -2.12. The normalized spacial score (nSPS) is 11.2. The number of hydrogen-bond acceptors (Lipinski definition) is 3. The largest absolute Gasteiger partial charge is 0.495 e. The average Bonchev–Trinajstić information content (AvgIpc) is 2.42. The summed E-state index contributed by atoms with van der Waals surface area (Å²) in [5.41, 5.74) is 0.319. The Labute approximate surface area is 138 Å². The van der Waals surface area contributed by atoms with Gasteiger partial charge in [0.2, 0.25) is 0 Å². The topological polar surface area (TPSA) is 55.4 Å². The fourth-order valence-electron chi connectivity index (χ4n) is 1.58. The lowest BCUT2D eigenvalue weighted by molar-refractivity contribution is 0.412. The molecule has 2 rings (SSSR count). The van der Waals surface area contributed by atoms with Gasteiger partial charge in [0, 0.05) is 10.5 Å². The van der Waals surface area contributed by atoms with Crippen LogP contribution in [-0.4, -0.2) is 15.5 Å². The molecule has 0 radical (unpaired) electrons. The summed E-state index contributed by atoms with van der Waals surface area (Å²) < 4.78 is 46.1. The van der Waals surface area contributed by atoms with Crippen LogP contribution in [0.3, 0.4) is 0 Å². The number of sulfonamides is 1. The maximum atomic E-state index is 12.9. The van der Waals surface area contributed by atoms with Crippen LogP contribution < -0.4 is 9.46 Å². The van der Waals surface area contributed by atoms with Gasteiger partial charge in [-0.1, -0.05) is 0 Å². The second-order valence-corrected chi connectivity index (χ2v) is 7.42. The molecule has 0 aliphatic carbocycles. The fraction of sp³-hybridized carbons (Fsp3) is 0.0769. The van der Waals surface area contributed by atoms with E-state index in [0.29, 0.717) is 20.4 Å². The molecular formula is C13H10Br2FNO3S. The van der Waals surface area contributed by atoms with Crippen LogP contribution >= 0.6 is 31.9 Å². The minimum Gasteiger partial charge on any atom is -0.495 e. The zero-order valence-corrected chi connectivity index (χ0v) is 14.7. The maximum absolute atomic E-state index is 12.9.